The lowest BCUT2D eigenvalue weighted by atomic mass is 10.1. The lowest BCUT2D eigenvalue weighted by Gasteiger charge is -2.18. The Balaban J connectivity index is 1.54. The lowest BCUT2D eigenvalue weighted by molar-refractivity contribution is 0.0996. The zero-order valence-corrected chi connectivity index (χ0v) is 14.9. The number of ether oxygens (including phenoxy) is 2. The van der Waals surface area contributed by atoms with Crippen molar-refractivity contribution in [1.29, 1.82) is 0 Å². The van der Waals surface area contributed by atoms with E-state index in [-0.39, 0.29) is 11.7 Å². The van der Waals surface area contributed by atoms with Crippen molar-refractivity contribution in [2.24, 2.45) is 0 Å². The molecule has 2 aromatic carbocycles. The predicted molar refractivity (Wildman–Crippen MR) is 101 cm³/mol. The molecule has 3 aromatic rings. The van der Waals surface area contributed by atoms with Crippen LogP contribution in [0.1, 0.15) is 30.7 Å². The Labute approximate surface area is 160 Å². The monoisotopic (exact) mass is 369 g/mol. The molecule has 0 fully saturated rings. The Bertz CT molecular complexity index is 1070. The topological polar surface area (TPSA) is 51.7 Å². The maximum absolute atomic E-state index is 12.9. The van der Waals surface area contributed by atoms with E-state index in [1.165, 1.54) is 4.90 Å². The standard InChI is InChI=1S/C20H18N2O3S/c1-13-21-15(12-26-13)11-25-16-7-8-17-14(9-16)10-22(20(17)23)18-5-3-4-6-19(18)24-2/h3-9,12H,10-11H2,1-2H3/i2D3. The van der Waals surface area contributed by atoms with E-state index < -0.39 is 7.04 Å². The second kappa shape index (κ2) is 6.80. The van der Waals surface area contributed by atoms with Crippen LogP contribution in [0.15, 0.2) is 47.8 Å². The van der Waals surface area contributed by atoms with Crippen molar-refractivity contribution in [3.63, 3.8) is 0 Å². The van der Waals surface area contributed by atoms with Crippen LogP contribution >= 0.6 is 11.3 Å². The molecule has 4 rings (SSSR count). The number of thiazole rings is 1. The van der Waals surface area contributed by atoms with Gasteiger partial charge < -0.3 is 14.4 Å². The van der Waals surface area contributed by atoms with Crippen LogP contribution in [0, 0.1) is 6.92 Å². The molecule has 0 aliphatic carbocycles. The molecule has 132 valence electrons. The van der Waals surface area contributed by atoms with Crippen molar-refractivity contribution in [1.82, 2.24) is 4.98 Å². The van der Waals surface area contributed by atoms with Gasteiger partial charge in [0.05, 0.1) is 34.1 Å². The first kappa shape index (κ1) is 13.4. The molecule has 0 bridgehead atoms. The van der Waals surface area contributed by atoms with Crippen molar-refractivity contribution in [3.8, 4) is 11.5 Å². The van der Waals surface area contributed by atoms with E-state index in [4.69, 9.17) is 13.6 Å². The summed E-state index contributed by atoms with van der Waals surface area (Å²) in [5.41, 5.74) is 2.66. The average Bonchev–Trinajstić information content (AvgIpc) is 3.22. The largest absolute Gasteiger partial charge is 0.495 e. The van der Waals surface area contributed by atoms with Gasteiger partial charge in [0.25, 0.3) is 5.91 Å². The highest BCUT2D eigenvalue weighted by atomic mass is 32.1. The van der Waals surface area contributed by atoms with Crippen LogP contribution in [0.2, 0.25) is 0 Å². The number of nitrogens with zero attached hydrogens (tertiary/aromatic N) is 2. The molecule has 0 saturated carbocycles. The summed E-state index contributed by atoms with van der Waals surface area (Å²) >= 11 is 1.57. The number of aromatic nitrogens is 1. The summed E-state index contributed by atoms with van der Waals surface area (Å²) in [6.07, 6.45) is 0. The number of carbonyl (C=O) groups excluding carboxylic acids is 1. The Morgan fingerprint density at radius 3 is 3.00 bits per heavy atom. The summed E-state index contributed by atoms with van der Waals surface area (Å²) in [5.74, 6) is 0.586. The second-order valence-corrected chi connectivity index (χ2v) is 6.99. The molecular formula is C20H18N2O3S. The van der Waals surface area contributed by atoms with Crippen LogP contribution in [0.4, 0.5) is 5.69 Å². The predicted octanol–water partition coefficient (Wildman–Crippen LogP) is 4.20. The molecule has 0 spiro atoms. The number of methoxy groups -OCH3 is 1. The van der Waals surface area contributed by atoms with Gasteiger partial charge in [0, 0.05) is 10.9 Å². The van der Waals surface area contributed by atoms with Gasteiger partial charge >= 0.3 is 0 Å². The second-order valence-electron chi connectivity index (χ2n) is 5.93. The van der Waals surface area contributed by atoms with Crippen LogP contribution in [0.25, 0.3) is 0 Å². The normalized spacial score (nSPS) is 15.2. The SMILES string of the molecule is [2H]C([2H])([2H])Oc1ccccc1N1Cc2cc(OCc3csc(C)n3)ccc2C1=O. The van der Waals surface area contributed by atoms with Crippen molar-refractivity contribution >= 4 is 22.9 Å². The molecule has 0 unspecified atom stereocenters. The van der Waals surface area contributed by atoms with Gasteiger partial charge in [0.15, 0.2) is 0 Å². The number of rotatable bonds is 5. The van der Waals surface area contributed by atoms with Gasteiger partial charge in [-0.15, -0.1) is 11.3 Å². The Morgan fingerprint density at radius 1 is 1.31 bits per heavy atom. The summed E-state index contributed by atoms with van der Waals surface area (Å²) in [7, 11) is -2.60. The number of aryl methyl sites for hydroxylation is 1. The minimum absolute atomic E-state index is 0.143. The minimum Gasteiger partial charge on any atom is -0.495 e. The quantitative estimate of drug-likeness (QED) is 0.676. The third-order valence-electron chi connectivity index (χ3n) is 4.20. The number of carbonyl (C=O) groups is 1. The Hall–Kier alpha value is -2.86. The highest BCUT2D eigenvalue weighted by molar-refractivity contribution is 7.09. The first-order valence-corrected chi connectivity index (χ1v) is 8.95. The molecule has 0 radical (unpaired) electrons. The van der Waals surface area contributed by atoms with Crippen molar-refractivity contribution in [2.75, 3.05) is 11.9 Å². The molecule has 0 saturated heterocycles. The van der Waals surface area contributed by atoms with Crippen LogP contribution in [-0.4, -0.2) is 17.9 Å². The average molecular weight is 369 g/mol. The van der Waals surface area contributed by atoms with Crippen LogP contribution in [-0.2, 0) is 13.2 Å². The van der Waals surface area contributed by atoms with Gasteiger partial charge in [-0.05, 0) is 42.8 Å². The smallest absolute Gasteiger partial charge is 0.259 e. The molecule has 1 aromatic heterocycles. The summed E-state index contributed by atoms with van der Waals surface area (Å²) in [6, 6.07) is 11.9. The van der Waals surface area contributed by atoms with E-state index >= 15 is 0 Å². The van der Waals surface area contributed by atoms with Gasteiger partial charge in [-0.1, -0.05) is 12.1 Å². The van der Waals surface area contributed by atoms with E-state index in [2.05, 4.69) is 4.98 Å². The molecule has 0 atom stereocenters. The third-order valence-corrected chi connectivity index (χ3v) is 5.02. The third kappa shape index (κ3) is 3.04. The van der Waals surface area contributed by atoms with Gasteiger partial charge in [-0.3, -0.25) is 4.79 Å². The number of hydrogen-bond donors (Lipinski definition) is 0. The number of benzene rings is 2. The molecule has 1 aliphatic rings. The van der Waals surface area contributed by atoms with Gasteiger partial charge in [-0.25, -0.2) is 4.98 Å². The van der Waals surface area contributed by atoms with E-state index in [0.29, 0.717) is 30.2 Å². The number of anilines is 1. The highest BCUT2D eigenvalue weighted by Gasteiger charge is 2.30. The Kier molecular flexibility index (Phi) is 3.49. The lowest BCUT2D eigenvalue weighted by Crippen LogP contribution is -2.23. The molecule has 1 aliphatic heterocycles. The van der Waals surface area contributed by atoms with Crippen molar-refractivity contribution < 1.29 is 18.4 Å². The summed E-state index contributed by atoms with van der Waals surface area (Å²) < 4.78 is 32.9. The van der Waals surface area contributed by atoms with Crippen LogP contribution < -0.4 is 14.4 Å². The van der Waals surface area contributed by atoms with Gasteiger partial charge in [0.2, 0.25) is 0 Å². The maximum Gasteiger partial charge on any atom is 0.259 e. The molecule has 2 heterocycles. The fourth-order valence-corrected chi connectivity index (χ4v) is 3.58. The van der Waals surface area contributed by atoms with E-state index in [0.717, 1.165) is 16.3 Å². The molecule has 5 nitrogen and oxygen atoms in total. The van der Waals surface area contributed by atoms with Gasteiger partial charge in [0.1, 0.15) is 18.1 Å². The van der Waals surface area contributed by atoms with Gasteiger partial charge in [-0.2, -0.15) is 0 Å². The first-order valence-electron chi connectivity index (χ1n) is 9.57. The molecule has 1 amide bonds. The molecule has 6 heteroatoms. The summed E-state index contributed by atoms with van der Waals surface area (Å²) in [4.78, 5) is 18.8. The van der Waals surface area contributed by atoms with Crippen LogP contribution in [0.3, 0.4) is 0 Å². The summed E-state index contributed by atoms with van der Waals surface area (Å²) in [6.45, 7) is 2.61. The zero-order valence-electron chi connectivity index (χ0n) is 17.1. The van der Waals surface area contributed by atoms with Crippen LogP contribution in [0.5, 0.6) is 11.5 Å². The zero-order chi connectivity index (χ0) is 20.6. The molecule has 0 N–H and O–H groups in total. The van der Waals surface area contributed by atoms with E-state index in [9.17, 15) is 4.79 Å². The molecular weight excluding hydrogens is 348 g/mol. The van der Waals surface area contributed by atoms with Crippen molar-refractivity contribution in [3.05, 3.63) is 69.7 Å². The number of hydrogen-bond acceptors (Lipinski definition) is 5. The number of amides is 1. The number of fused-ring (bicyclic) bond motifs is 1. The Morgan fingerprint density at radius 2 is 2.19 bits per heavy atom. The fourth-order valence-electron chi connectivity index (χ4n) is 2.98. The minimum atomic E-state index is -2.60. The highest BCUT2D eigenvalue weighted by Crippen LogP contribution is 2.35. The van der Waals surface area contributed by atoms with E-state index in [1.54, 1.807) is 47.7 Å². The number of para-hydroxylation sites is 2. The fraction of sp³-hybridized carbons (Fsp3) is 0.200. The first-order chi connectivity index (χ1) is 13.8. The van der Waals surface area contributed by atoms with E-state index in [1.807, 2.05) is 18.4 Å². The molecule has 26 heavy (non-hydrogen) atoms. The summed E-state index contributed by atoms with van der Waals surface area (Å²) in [5, 5.41) is 2.94. The maximum atomic E-state index is 12.9. The van der Waals surface area contributed by atoms with Crippen molar-refractivity contribution in [2.45, 2.75) is 20.1 Å².